The number of pyridine rings is 1. The summed E-state index contributed by atoms with van der Waals surface area (Å²) in [6, 6.07) is 8.81. The second-order valence-electron chi connectivity index (χ2n) is 8.62. The van der Waals surface area contributed by atoms with Crippen molar-refractivity contribution in [2.75, 3.05) is 20.2 Å². The maximum absolute atomic E-state index is 13.0. The van der Waals surface area contributed by atoms with Gasteiger partial charge in [0.2, 0.25) is 11.8 Å². The van der Waals surface area contributed by atoms with E-state index < -0.39 is 0 Å². The molecule has 7 nitrogen and oxygen atoms in total. The number of aromatic nitrogens is 1. The summed E-state index contributed by atoms with van der Waals surface area (Å²) in [6.45, 7) is 1.40. The van der Waals surface area contributed by atoms with E-state index in [2.05, 4.69) is 10.3 Å². The summed E-state index contributed by atoms with van der Waals surface area (Å²) >= 11 is 6.07. The van der Waals surface area contributed by atoms with Crippen LogP contribution in [0.1, 0.15) is 54.4 Å². The number of hydrogen-bond acceptors (Lipinski definition) is 5. The molecule has 4 rings (SSSR count). The molecule has 33 heavy (non-hydrogen) atoms. The average Bonchev–Trinajstić information content (AvgIpc) is 3.36. The number of carbonyl (C=O) groups is 2. The molecule has 1 N–H and O–H groups in total. The van der Waals surface area contributed by atoms with E-state index in [1.165, 1.54) is 20.0 Å². The number of likely N-dealkylation sites (tertiary alicyclic amines) is 1. The van der Waals surface area contributed by atoms with Crippen molar-refractivity contribution in [2.45, 2.75) is 51.2 Å². The van der Waals surface area contributed by atoms with Crippen LogP contribution >= 0.6 is 11.6 Å². The zero-order chi connectivity index (χ0) is 23.2. The van der Waals surface area contributed by atoms with Crippen LogP contribution in [0.3, 0.4) is 0 Å². The zero-order valence-electron chi connectivity index (χ0n) is 18.9. The van der Waals surface area contributed by atoms with Gasteiger partial charge < -0.3 is 19.7 Å². The number of nitrogens with zero attached hydrogens (tertiary/aromatic N) is 2. The molecule has 1 aliphatic heterocycles. The lowest BCUT2D eigenvalue weighted by Crippen LogP contribution is -2.43. The molecule has 0 atom stereocenters. The Hall–Kier alpha value is -2.80. The summed E-state index contributed by atoms with van der Waals surface area (Å²) in [4.78, 5) is 31.9. The van der Waals surface area contributed by atoms with Gasteiger partial charge in [-0.15, -0.1) is 0 Å². The van der Waals surface area contributed by atoms with Crippen molar-refractivity contribution >= 4 is 23.4 Å². The monoisotopic (exact) mass is 471 g/mol. The molecular formula is C25H30ClN3O4. The summed E-state index contributed by atoms with van der Waals surface area (Å²) in [6.07, 6.45) is 7.65. The highest BCUT2D eigenvalue weighted by molar-refractivity contribution is 6.31. The van der Waals surface area contributed by atoms with Crippen molar-refractivity contribution in [3.8, 4) is 11.6 Å². The summed E-state index contributed by atoms with van der Waals surface area (Å²) < 4.78 is 11.4. The highest BCUT2D eigenvalue weighted by Crippen LogP contribution is 2.27. The summed E-state index contributed by atoms with van der Waals surface area (Å²) in [5.41, 5.74) is 1.33. The molecule has 0 unspecified atom stereocenters. The molecule has 1 aromatic carbocycles. The molecule has 2 aromatic rings. The van der Waals surface area contributed by atoms with Crippen LogP contribution in [0.4, 0.5) is 0 Å². The quantitative estimate of drug-likeness (QED) is 0.653. The van der Waals surface area contributed by atoms with Crippen molar-refractivity contribution in [3.63, 3.8) is 0 Å². The van der Waals surface area contributed by atoms with Gasteiger partial charge >= 0.3 is 0 Å². The number of methoxy groups -OCH3 is 1. The van der Waals surface area contributed by atoms with E-state index in [9.17, 15) is 9.59 Å². The van der Waals surface area contributed by atoms with Crippen molar-refractivity contribution in [2.24, 2.45) is 5.92 Å². The molecule has 2 fully saturated rings. The fourth-order valence-corrected chi connectivity index (χ4v) is 4.69. The van der Waals surface area contributed by atoms with Crippen LogP contribution in [0.15, 0.2) is 36.5 Å². The van der Waals surface area contributed by atoms with Gasteiger partial charge in [0.25, 0.3) is 5.91 Å². The van der Waals surface area contributed by atoms with Crippen molar-refractivity contribution < 1.29 is 19.1 Å². The predicted octanol–water partition coefficient (Wildman–Crippen LogP) is 4.23. The molecule has 1 aromatic heterocycles. The summed E-state index contributed by atoms with van der Waals surface area (Å²) in [5.74, 6) is 0.846. The predicted molar refractivity (Wildman–Crippen MR) is 126 cm³/mol. The number of nitrogens with one attached hydrogen (secondary N) is 1. The van der Waals surface area contributed by atoms with Crippen molar-refractivity contribution in [1.82, 2.24) is 15.2 Å². The number of benzene rings is 1. The first-order valence-electron chi connectivity index (χ1n) is 11.6. The number of piperidine rings is 1. The number of hydrogen-bond donors (Lipinski definition) is 1. The SMILES string of the molecule is COc1ccc(Cl)cc1C(=O)N1CCC(C(=O)NCc2cccnc2OC2CCCC2)CC1. The molecule has 0 radical (unpaired) electrons. The Bertz CT molecular complexity index is 985. The molecule has 0 bridgehead atoms. The van der Waals surface area contributed by atoms with E-state index in [0.717, 1.165) is 18.4 Å². The molecule has 1 aliphatic carbocycles. The second kappa shape index (κ2) is 10.9. The average molecular weight is 472 g/mol. The van der Waals surface area contributed by atoms with Gasteiger partial charge in [0.15, 0.2) is 0 Å². The lowest BCUT2D eigenvalue weighted by Gasteiger charge is -2.31. The minimum absolute atomic E-state index is 0.00176. The normalized spacial score (nSPS) is 17.1. The summed E-state index contributed by atoms with van der Waals surface area (Å²) in [5, 5.41) is 3.52. The molecule has 2 amide bonds. The maximum Gasteiger partial charge on any atom is 0.257 e. The van der Waals surface area contributed by atoms with Crippen molar-refractivity contribution in [1.29, 1.82) is 0 Å². The lowest BCUT2D eigenvalue weighted by atomic mass is 9.95. The van der Waals surface area contributed by atoms with Crippen LogP contribution in [-0.4, -0.2) is 48.0 Å². The van der Waals surface area contributed by atoms with Crippen LogP contribution in [-0.2, 0) is 11.3 Å². The van der Waals surface area contributed by atoms with Crippen LogP contribution in [0.5, 0.6) is 11.6 Å². The molecule has 1 saturated carbocycles. The van der Waals surface area contributed by atoms with Gasteiger partial charge in [0.05, 0.1) is 12.7 Å². The third-order valence-corrected chi connectivity index (χ3v) is 6.66. The van der Waals surface area contributed by atoms with E-state index >= 15 is 0 Å². The first-order chi connectivity index (χ1) is 16.0. The highest BCUT2D eigenvalue weighted by atomic mass is 35.5. The Morgan fingerprint density at radius 3 is 2.64 bits per heavy atom. The molecule has 8 heteroatoms. The van der Waals surface area contributed by atoms with E-state index in [4.69, 9.17) is 21.1 Å². The van der Waals surface area contributed by atoms with Gasteiger partial charge in [-0.2, -0.15) is 0 Å². The molecule has 2 aliphatic rings. The molecule has 0 spiro atoms. The molecule has 2 heterocycles. The van der Waals surface area contributed by atoms with E-state index in [1.807, 2.05) is 12.1 Å². The third kappa shape index (κ3) is 5.77. The summed E-state index contributed by atoms with van der Waals surface area (Å²) in [7, 11) is 1.53. The minimum atomic E-state index is -0.133. The molecular weight excluding hydrogens is 442 g/mol. The highest BCUT2D eigenvalue weighted by Gasteiger charge is 2.29. The van der Waals surface area contributed by atoms with Gasteiger partial charge in [0, 0.05) is 42.3 Å². The second-order valence-corrected chi connectivity index (χ2v) is 9.06. The molecule has 176 valence electrons. The number of ether oxygens (including phenoxy) is 2. The van der Waals surface area contributed by atoms with Crippen LogP contribution in [0.2, 0.25) is 5.02 Å². The number of carbonyl (C=O) groups excluding carboxylic acids is 2. The number of rotatable bonds is 7. The van der Waals surface area contributed by atoms with Gasteiger partial charge in [0.1, 0.15) is 11.9 Å². The Kier molecular flexibility index (Phi) is 7.70. The van der Waals surface area contributed by atoms with E-state index in [1.54, 1.807) is 29.3 Å². The van der Waals surface area contributed by atoms with Crippen LogP contribution in [0, 0.1) is 5.92 Å². The smallest absolute Gasteiger partial charge is 0.257 e. The largest absolute Gasteiger partial charge is 0.496 e. The fourth-order valence-electron chi connectivity index (χ4n) is 4.52. The Morgan fingerprint density at radius 2 is 1.91 bits per heavy atom. The van der Waals surface area contributed by atoms with Crippen LogP contribution in [0.25, 0.3) is 0 Å². The minimum Gasteiger partial charge on any atom is -0.496 e. The van der Waals surface area contributed by atoms with Gasteiger partial charge in [-0.1, -0.05) is 17.7 Å². The van der Waals surface area contributed by atoms with Gasteiger partial charge in [-0.25, -0.2) is 4.98 Å². The lowest BCUT2D eigenvalue weighted by molar-refractivity contribution is -0.126. The Balaban J connectivity index is 1.30. The third-order valence-electron chi connectivity index (χ3n) is 6.43. The van der Waals surface area contributed by atoms with E-state index in [-0.39, 0.29) is 23.8 Å². The molecule has 1 saturated heterocycles. The Morgan fingerprint density at radius 1 is 1.15 bits per heavy atom. The zero-order valence-corrected chi connectivity index (χ0v) is 19.6. The Labute approximate surface area is 199 Å². The first kappa shape index (κ1) is 23.4. The topological polar surface area (TPSA) is 80.8 Å². The van der Waals surface area contributed by atoms with Crippen molar-refractivity contribution in [3.05, 3.63) is 52.7 Å². The van der Waals surface area contributed by atoms with Crippen LogP contribution < -0.4 is 14.8 Å². The fraction of sp³-hybridized carbons (Fsp3) is 0.480. The van der Waals surface area contributed by atoms with Gasteiger partial charge in [-0.05, 0) is 62.8 Å². The maximum atomic E-state index is 13.0. The van der Waals surface area contributed by atoms with Gasteiger partial charge in [-0.3, -0.25) is 9.59 Å². The van der Waals surface area contributed by atoms with E-state index in [0.29, 0.717) is 54.7 Å². The number of amides is 2. The standard InChI is InChI=1S/C25H30ClN3O4/c1-32-22-9-8-19(26)15-21(22)25(31)29-13-10-17(11-14-29)23(30)28-16-18-5-4-12-27-24(18)33-20-6-2-3-7-20/h4-5,8-9,12,15,17,20H,2-3,6-7,10-11,13-14,16H2,1H3,(H,28,30). The first-order valence-corrected chi connectivity index (χ1v) is 11.9. The number of halogens is 1.